The molecule has 2 nitrogen and oxygen atoms in total. The maximum atomic E-state index is 5.85. The Kier molecular flexibility index (Phi) is 8.98. The highest BCUT2D eigenvalue weighted by atomic mass is 16.7. The monoisotopic (exact) mass is 252 g/mol. The third kappa shape index (κ3) is 7.74. The molecule has 0 saturated carbocycles. The van der Waals surface area contributed by atoms with E-state index < -0.39 is 0 Å². The molecule has 104 valence electrons. The standard InChI is InChI=1S/C16H28O2/c1-3-4-5-6-7-8-9-12-15(2)18-16-13-10-11-14-17-16/h15-16H,3-6,9-14H2,1-2H3/t15-,16?/m0/s1. The molecule has 0 spiro atoms. The average Bonchev–Trinajstić information content (AvgIpc) is 2.39. The fraction of sp³-hybridized carbons (Fsp3) is 0.875. The summed E-state index contributed by atoms with van der Waals surface area (Å²) in [7, 11) is 0. The SMILES string of the molecule is CCCCCC#CCC[C@H](C)OC1CCCCO1. The Balaban J connectivity index is 2.00. The molecule has 0 radical (unpaired) electrons. The maximum absolute atomic E-state index is 5.85. The van der Waals surface area contributed by atoms with E-state index in [1.807, 2.05) is 0 Å². The summed E-state index contributed by atoms with van der Waals surface area (Å²) in [6.45, 7) is 5.20. The van der Waals surface area contributed by atoms with E-state index in [1.54, 1.807) is 0 Å². The van der Waals surface area contributed by atoms with Crippen molar-refractivity contribution in [2.24, 2.45) is 0 Å². The van der Waals surface area contributed by atoms with E-state index in [0.29, 0.717) is 0 Å². The summed E-state index contributed by atoms with van der Waals surface area (Å²) in [5.74, 6) is 6.48. The molecule has 1 aliphatic heterocycles. The zero-order valence-corrected chi connectivity index (χ0v) is 12.0. The Labute approximate surface area is 112 Å². The van der Waals surface area contributed by atoms with Gasteiger partial charge in [-0.25, -0.2) is 0 Å². The first-order valence-corrected chi connectivity index (χ1v) is 7.55. The van der Waals surface area contributed by atoms with Crippen molar-refractivity contribution in [1.82, 2.24) is 0 Å². The Morgan fingerprint density at radius 2 is 2.06 bits per heavy atom. The van der Waals surface area contributed by atoms with Gasteiger partial charge in [-0.2, -0.15) is 0 Å². The highest BCUT2D eigenvalue weighted by molar-refractivity contribution is 4.98. The first-order valence-electron chi connectivity index (χ1n) is 7.55. The van der Waals surface area contributed by atoms with Crippen LogP contribution in [0.5, 0.6) is 0 Å². The van der Waals surface area contributed by atoms with Gasteiger partial charge in [0.25, 0.3) is 0 Å². The number of ether oxygens (including phenoxy) is 2. The van der Waals surface area contributed by atoms with E-state index in [0.717, 1.165) is 32.3 Å². The predicted octanol–water partition coefficient (Wildman–Crippen LogP) is 4.28. The fourth-order valence-electron chi connectivity index (χ4n) is 2.06. The van der Waals surface area contributed by atoms with Gasteiger partial charge in [-0.15, -0.1) is 11.8 Å². The van der Waals surface area contributed by atoms with Crippen LogP contribution in [0.4, 0.5) is 0 Å². The average molecular weight is 252 g/mol. The molecular formula is C16H28O2. The zero-order valence-electron chi connectivity index (χ0n) is 12.0. The van der Waals surface area contributed by atoms with Crippen molar-refractivity contribution < 1.29 is 9.47 Å². The first-order chi connectivity index (χ1) is 8.83. The minimum Gasteiger partial charge on any atom is -0.353 e. The Morgan fingerprint density at radius 3 is 2.78 bits per heavy atom. The Bertz CT molecular complexity index is 246. The van der Waals surface area contributed by atoms with Crippen LogP contribution in [0, 0.1) is 11.8 Å². The molecule has 0 aromatic heterocycles. The smallest absolute Gasteiger partial charge is 0.157 e. The second-order valence-electron chi connectivity index (χ2n) is 5.09. The molecule has 1 saturated heterocycles. The Hall–Kier alpha value is -0.520. The topological polar surface area (TPSA) is 18.5 Å². The molecule has 0 N–H and O–H groups in total. The lowest BCUT2D eigenvalue weighted by molar-refractivity contribution is -0.185. The van der Waals surface area contributed by atoms with Crippen LogP contribution in [0.1, 0.15) is 71.6 Å². The van der Waals surface area contributed by atoms with Gasteiger partial charge < -0.3 is 9.47 Å². The van der Waals surface area contributed by atoms with Gasteiger partial charge in [0.05, 0.1) is 6.10 Å². The molecular weight excluding hydrogens is 224 g/mol. The third-order valence-electron chi connectivity index (χ3n) is 3.23. The number of hydrogen-bond donors (Lipinski definition) is 0. The minimum absolute atomic E-state index is 0.0336. The van der Waals surface area contributed by atoms with Gasteiger partial charge >= 0.3 is 0 Å². The molecule has 0 bridgehead atoms. The second kappa shape index (κ2) is 10.4. The van der Waals surface area contributed by atoms with E-state index in [4.69, 9.17) is 9.47 Å². The van der Waals surface area contributed by atoms with Crippen LogP contribution >= 0.6 is 0 Å². The van der Waals surface area contributed by atoms with E-state index in [9.17, 15) is 0 Å². The van der Waals surface area contributed by atoms with Gasteiger partial charge in [-0.05, 0) is 39.0 Å². The zero-order chi connectivity index (χ0) is 13.1. The van der Waals surface area contributed by atoms with Crippen LogP contribution in [0.2, 0.25) is 0 Å². The maximum Gasteiger partial charge on any atom is 0.157 e. The predicted molar refractivity (Wildman–Crippen MR) is 75.3 cm³/mol. The van der Waals surface area contributed by atoms with Crippen LogP contribution in [-0.4, -0.2) is 19.0 Å². The Morgan fingerprint density at radius 1 is 1.22 bits per heavy atom. The number of rotatable bonds is 7. The van der Waals surface area contributed by atoms with Crippen molar-refractivity contribution in [1.29, 1.82) is 0 Å². The van der Waals surface area contributed by atoms with E-state index in [-0.39, 0.29) is 12.4 Å². The van der Waals surface area contributed by atoms with Crippen molar-refractivity contribution in [3.63, 3.8) is 0 Å². The molecule has 0 aromatic rings. The largest absolute Gasteiger partial charge is 0.353 e. The molecule has 2 atom stereocenters. The first kappa shape index (κ1) is 15.5. The molecule has 1 aliphatic rings. The molecule has 0 amide bonds. The highest BCUT2D eigenvalue weighted by Gasteiger charge is 2.16. The fourth-order valence-corrected chi connectivity index (χ4v) is 2.06. The van der Waals surface area contributed by atoms with Crippen molar-refractivity contribution >= 4 is 0 Å². The lowest BCUT2D eigenvalue weighted by atomic mass is 10.2. The van der Waals surface area contributed by atoms with Gasteiger partial charge in [0.1, 0.15) is 0 Å². The molecule has 2 heteroatoms. The van der Waals surface area contributed by atoms with Crippen LogP contribution < -0.4 is 0 Å². The van der Waals surface area contributed by atoms with Crippen molar-refractivity contribution in [2.45, 2.75) is 84.0 Å². The van der Waals surface area contributed by atoms with E-state index in [2.05, 4.69) is 25.7 Å². The van der Waals surface area contributed by atoms with Crippen LogP contribution in [0.25, 0.3) is 0 Å². The van der Waals surface area contributed by atoms with Crippen LogP contribution in [0.15, 0.2) is 0 Å². The minimum atomic E-state index is 0.0336. The van der Waals surface area contributed by atoms with Gasteiger partial charge in [0.2, 0.25) is 0 Å². The van der Waals surface area contributed by atoms with Crippen molar-refractivity contribution in [3.05, 3.63) is 0 Å². The molecule has 18 heavy (non-hydrogen) atoms. The third-order valence-corrected chi connectivity index (χ3v) is 3.23. The quantitative estimate of drug-likeness (QED) is 0.497. The molecule has 1 fully saturated rings. The van der Waals surface area contributed by atoms with Crippen LogP contribution in [-0.2, 0) is 9.47 Å². The second-order valence-corrected chi connectivity index (χ2v) is 5.09. The summed E-state index contributed by atoms with van der Waals surface area (Å²) in [6.07, 6.45) is 10.6. The molecule has 1 rings (SSSR count). The normalized spacial score (nSPS) is 21.1. The lowest BCUT2D eigenvalue weighted by Crippen LogP contribution is -2.26. The summed E-state index contributed by atoms with van der Waals surface area (Å²) < 4.78 is 11.4. The van der Waals surface area contributed by atoms with E-state index in [1.165, 1.54) is 32.1 Å². The van der Waals surface area contributed by atoms with Crippen LogP contribution in [0.3, 0.4) is 0 Å². The van der Waals surface area contributed by atoms with Gasteiger partial charge in [-0.1, -0.05) is 19.8 Å². The number of unbranched alkanes of at least 4 members (excludes halogenated alkanes) is 3. The van der Waals surface area contributed by atoms with E-state index >= 15 is 0 Å². The van der Waals surface area contributed by atoms with Gasteiger partial charge in [0.15, 0.2) is 6.29 Å². The van der Waals surface area contributed by atoms with Crippen molar-refractivity contribution in [3.8, 4) is 11.8 Å². The summed E-state index contributed by atoms with van der Waals surface area (Å²) in [5.41, 5.74) is 0. The van der Waals surface area contributed by atoms with Gasteiger partial charge in [0, 0.05) is 19.4 Å². The highest BCUT2D eigenvalue weighted by Crippen LogP contribution is 2.16. The summed E-state index contributed by atoms with van der Waals surface area (Å²) in [6, 6.07) is 0. The summed E-state index contributed by atoms with van der Waals surface area (Å²) in [4.78, 5) is 0. The van der Waals surface area contributed by atoms with Gasteiger partial charge in [-0.3, -0.25) is 0 Å². The number of hydrogen-bond acceptors (Lipinski definition) is 2. The summed E-state index contributed by atoms with van der Waals surface area (Å²) >= 11 is 0. The van der Waals surface area contributed by atoms with Crippen molar-refractivity contribution in [2.75, 3.05) is 6.61 Å². The molecule has 0 aromatic carbocycles. The molecule has 0 aliphatic carbocycles. The molecule has 1 unspecified atom stereocenters. The lowest BCUT2D eigenvalue weighted by Gasteiger charge is -2.25. The summed E-state index contributed by atoms with van der Waals surface area (Å²) in [5, 5.41) is 0. The molecule has 1 heterocycles.